The van der Waals surface area contributed by atoms with Crippen molar-refractivity contribution in [1.82, 2.24) is 5.32 Å². The molecule has 0 aliphatic rings. The molecule has 1 aromatic heterocycles. The topological polar surface area (TPSA) is 114 Å². The molecular formula is C17H16FN3O4. The second kappa shape index (κ2) is 8.44. The zero-order chi connectivity index (χ0) is 18.2. The molecule has 25 heavy (non-hydrogen) atoms. The van der Waals surface area contributed by atoms with Crippen molar-refractivity contribution in [1.29, 1.82) is 0 Å². The lowest BCUT2D eigenvalue weighted by molar-refractivity contribution is -0.118. The van der Waals surface area contributed by atoms with Crippen molar-refractivity contribution >= 4 is 29.5 Å². The Kier molecular flexibility index (Phi) is 6.05. The average Bonchev–Trinajstić information content (AvgIpc) is 3.08. The molecule has 0 aliphatic carbocycles. The van der Waals surface area contributed by atoms with Gasteiger partial charge in [0.25, 0.3) is 5.91 Å². The Bertz CT molecular complexity index is 800. The predicted octanol–water partition coefficient (Wildman–Crippen LogP) is 1.68. The van der Waals surface area contributed by atoms with Gasteiger partial charge >= 0.3 is 0 Å². The molecule has 0 saturated carbocycles. The number of halogens is 1. The van der Waals surface area contributed by atoms with E-state index in [0.29, 0.717) is 5.76 Å². The van der Waals surface area contributed by atoms with Crippen molar-refractivity contribution in [2.45, 2.75) is 6.42 Å². The number of furan rings is 1. The largest absolute Gasteiger partial charge is 0.465 e. The first-order valence-corrected chi connectivity index (χ1v) is 7.34. The number of benzene rings is 1. The standard InChI is InChI=1S/C17H16FN3O4/c18-13-5-3-11(17(24)20-8-7-15(19)22)10-14(13)21-16(23)6-4-12-2-1-9-25-12/h1-6,9-10H,7-8H2,(H2,19,22)(H,20,24)(H,21,23)/b6-4-. The van der Waals surface area contributed by atoms with Crippen LogP contribution < -0.4 is 16.4 Å². The van der Waals surface area contributed by atoms with E-state index >= 15 is 0 Å². The second-order valence-corrected chi connectivity index (χ2v) is 5.00. The Hall–Kier alpha value is -3.42. The highest BCUT2D eigenvalue weighted by atomic mass is 19.1. The maximum Gasteiger partial charge on any atom is 0.251 e. The highest BCUT2D eigenvalue weighted by molar-refractivity contribution is 6.03. The fraction of sp³-hybridized carbons (Fsp3) is 0.118. The van der Waals surface area contributed by atoms with E-state index in [4.69, 9.17) is 10.2 Å². The fourth-order valence-electron chi connectivity index (χ4n) is 1.88. The fourth-order valence-corrected chi connectivity index (χ4v) is 1.88. The van der Waals surface area contributed by atoms with Gasteiger partial charge in [-0.1, -0.05) is 0 Å². The third-order valence-electron chi connectivity index (χ3n) is 3.09. The van der Waals surface area contributed by atoms with Gasteiger partial charge in [0, 0.05) is 24.6 Å². The molecule has 7 nitrogen and oxygen atoms in total. The van der Waals surface area contributed by atoms with E-state index in [1.165, 1.54) is 30.5 Å². The molecule has 3 amide bonds. The quantitative estimate of drug-likeness (QED) is 0.662. The van der Waals surface area contributed by atoms with Crippen molar-refractivity contribution in [3.63, 3.8) is 0 Å². The van der Waals surface area contributed by atoms with Crippen LogP contribution in [0.5, 0.6) is 0 Å². The number of hydrogen-bond donors (Lipinski definition) is 3. The summed E-state index contributed by atoms with van der Waals surface area (Å²) in [6, 6.07) is 6.85. The van der Waals surface area contributed by atoms with Gasteiger partial charge < -0.3 is 20.8 Å². The number of anilines is 1. The van der Waals surface area contributed by atoms with Crippen molar-refractivity contribution in [2.24, 2.45) is 5.73 Å². The number of nitrogens with one attached hydrogen (secondary N) is 2. The molecule has 0 atom stereocenters. The molecule has 0 spiro atoms. The zero-order valence-corrected chi connectivity index (χ0v) is 13.1. The normalized spacial score (nSPS) is 10.6. The van der Waals surface area contributed by atoms with Crippen LogP contribution in [-0.4, -0.2) is 24.3 Å². The Balaban J connectivity index is 2.01. The van der Waals surface area contributed by atoms with Crippen molar-refractivity contribution < 1.29 is 23.2 Å². The molecular weight excluding hydrogens is 329 g/mol. The van der Waals surface area contributed by atoms with Gasteiger partial charge in [-0.2, -0.15) is 0 Å². The van der Waals surface area contributed by atoms with E-state index in [-0.39, 0.29) is 24.2 Å². The van der Waals surface area contributed by atoms with E-state index in [9.17, 15) is 18.8 Å². The number of carbonyl (C=O) groups is 3. The van der Waals surface area contributed by atoms with Crippen molar-refractivity contribution in [2.75, 3.05) is 11.9 Å². The van der Waals surface area contributed by atoms with Crippen LogP contribution in [-0.2, 0) is 9.59 Å². The molecule has 1 heterocycles. The summed E-state index contributed by atoms with van der Waals surface area (Å²) in [5.41, 5.74) is 4.97. The highest BCUT2D eigenvalue weighted by Gasteiger charge is 2.11. The van der Waals surface area contributed by atoms with Gasteiger partial charge in [-0.25, -0.2) is 4.39 Å². The third-order valence-corrected chi connectivity index (χ3v) is 3.09. The van der Waals surface area contributed by atoms with Gasteiger partial charge in [0.05, 0.1) is 12.0 Å². The Morgan fingerprint density at radius 3 is 2.72 bits per heavy atom. The van der Waals surface area contributed by atoms with Gasteiger partial charge in [0.2, 0.25) is 11.8 Å². The monoisotopic (exact) mass is 345 g/mol. The number of hydrogen-bond acceptors (Lipinski definition) is 4. The highest BCUT2D eigenvalue weighted by Crippen LogP contribution is 2.16. The summed E-state index contributed by atoms with van der Waals surface area (Å²) in [5, 5.41) is 4.82. The molecule has 0 fully saturated rings. The summed E-state index contributed by atoms with van der Waals surface area (Å²) >= 11 is 0. The number of carbonyl (C=O) groups excluding carboxylic acids is 3. The number of rotatable bonds is 7. The summed E-state index contributed by atoms with van der Waals surface area (Å²) in [5.74, 6) is -1.85. The van der Waals surface area contributed by atoms with Gasteiger partial charge in [-0.3, -0.25) is 14.4 Å². The number of primary amides is 1. The van der Waals surface area contributed by atoms with Crippen LogP contribution in [0.4, 0.5) is 10.1 Å². The number of nitrogens with two attached hydrogens (primary N) is 1. The minimum atomic E-state index is -0.687. The van der Waals surface area contributed by atoms with E-state index in [1.807, 2.05) is 0 Å². The Morgan fingerprint density at radius 2 is 2.04 bits per heavy atom. The molecule has 2 aromatic rings. The van der Waals surface area contributed by atoms with E-state index in [1.54, 1.807) is 12.1 Å². The predicted molar refractivity (Wildman–Crippen MR) is 88.9 cm³/mol. The molecule has 0 saturated heterocycles. The van der Waals surface area contributed by atoms with E-state index < -0.39 is 23.5 Å². The first-order valence-electron chi connectivity index (χ1n) is 7.34. The van der Waals surface area contributed by atoms with Crippen LogP contribution in [0.1, 0.15) is 22.5 Å². The van der Waals surface area contributed by atoms with Crippen LogP contribution in [0.3, 0.4) is 0 Å². The molecule has 0 aliphatic heterocycles. The third kappa shape index (κ3) is 5.61. The Morgan fingerprint density at radius 1 is 1.24 bits per heavy atom. The lowest BCUT2D eigenvalue weighted by Crippen LogP contribution is -2.28. The summed E-state index contributed by atoms with van der Waals surface area (Å²) in [7, 11) is 0. The first-order chi connectivity index (χ1) is 12.0. The molecule has 8 heteroatoms. The van der Waals surface area contributed by atoms with E-state index in [0.717, 1.165) is 6.07 Å². The van der Waals surface area contributed by atoms with Gasteiger partial charge in [-0.05, 0) is 36.4 Å². The van der Waals surface area contributed by atoms with Crippen molar-refractivity contribution in [3.05, 3.63) is 59.8 Å². The summed E-state index contributed by atoms with van der Waals surface area (Å²) in [6.45, 7) is 0.0686. The molecule has 2 rings (SSSR count). The average molecular weight is 345 g/mol. The maximum atomic E-state index is 13.8. The van der Waals surface area contributed by atoms with Crippen molar-refractivity contribution in [3.8, 4) is 0 Å². The number of amides is 3. The zero-order valence-electron chi connectivity index (χ0n) is 13.1. The first kappa shape index (κ1) is 17.9. The second-order valence-electron chi connectivity index (χ2n) is 5.00. The maximum absolute atomic E-state index is 13.8. The lowest BCUT2D eigenvalue weighted by atomic mass is 10.1. The van der Waals surface area contributed by atoms with Crippen LogP contribution in [0.2, 0.25) is 0 Å². The molecule has 0 radical (unpaired) electrons. The van der Waals surface area contributed by atoms with Crippen LogP contribution in [0.25, 0.3) is 6.08 Å². The molecule has 0 bridgehead atoms. The molecule has 130 valence electrons. The van der Waals surface area contributed by atoms with Gasteiger partial charge in [0.1, 0.15) is 11.6 Å². The van der Waals surface area contributed by atoms with Crippen LogP contribution in [0.15, 0.2) is 47.1 Å². The SMILES string of the molecule is NC(=O)CCNC(=O)c1ccc(F)c(NC(=O)/C=C\c2ccco2)c1. The smallest absolute Gasteiger partial charge is 0.251 e. The van der Waals surface area contributed by atoms with E-state index in [2.05, 4.69) is 10.6 Å². The van der Waals surface area contributed by atoms with Crippen LogP contribution in [0, 0.1) is 5.82 Å². The van der Waals surface area contributed by atoms with Gasteiger partial charge in [0.15, 0.2) is 0 Å². The lowest BCUT2D eigenvalue weighted by Gasteiger charge is -2.08. The van der Waals surface area contributed by atoms with Gasteiger partial charge in [-0.15, -0.1) is 0 Å². The summed E-state index contributed by atoms with van der Waals surface area (Å²) in [4.78, 5) is 34.4. The minimum Gasteiger partial charge on any atom is -0.465 e. The Labute approximate surface area is 142 Å². The summed E-state index contributed by atoms with van der Waals surface area (Å²) in [6.07, 6.45) is 4.05. The summed E-state index contributed by atoms with van der Waals surface area (Å²) < 4.78 is 18.9. The minimum absolute atomic E-state index is 0.00585. The molecule has 4 N–H and O–H groups in total. The van der Waals surface area contributed by atoms with Crippen LogP contribution >= 0.6 is 0 Å². The molecule has 0 unspecified atom stereocenters. The molecule has 1 aromatic carbocycles.